The first kappa shape index (κ1) is 12.3. The molecule has 7 nitrogen and oxygen atoms in total. The van der Waals surface area contributed by atoms with Gasteiger partial charge in [-0.25, -0.2) is 4.98 Å². The summed E-state index contributed by atoms with van der Waals surface area (Å²) in [6.07, 6.45) is 1.57. The van der Waals surface area contributed by atoms with Gasteiger partial charge in [0.25, 0.3) is 0 Å². The summed E-state index contributed by atoms with van der Waals surface area (Å²) in [7, 11) is 0. The Morgan fingerprint density at radius 1 is 1.45 bits per heavy atom. The van der Waals surface area contributed by atoms with Gasteiger partial charge in [0.15, 0.2) is 5.58 Å². The van der Waals surface area contributed by atoms with E-state index in [1.54, 1.807) is 0 Å². The summed E-state index contributed by atoms with van der Waals surface area (Å²) in [5.74, 6) is 0.469. The highest BCUT2D eigenvalue weighted by Gasteiger charge is 2.15. The average molecular weight is 271 g/mol. The molecule has 0 aliphatic carbocycles. The van der Waals surface area contributed by atoms with Crippen LogP contribution < -0.4 is 5.32 Å². The Morgan fingerprint density at radius 2 is 2.30 bits per heavy atom. The highest BCUT2D eigenvalue weighted by atomic mass is 16.5. The van der Waals surface area contributed by atoms with Crippen molar-refractivity contribution < 1.29 is 9.32 Å². The Hall–Kier alpha value is -2.70. The minimum absolute atomic E-state index is 0.145. The molecule has 3 rings (SSSR count). The van der Waals surface area contributed by atoms with E-state index >= 15 is 0 Å². The summed E-state index contributed by atoms with van der Waals surface area (Å²) in [6.45, 7) is 1.83. The van der Waals surface area contributed by atoms with Crippen molar-refractivity contribution >= 4 is 16.9 Å². The maximum absolute atomic E-state index is 12.0. The summed E-state index contributed by atoms with van der Waals surface area (Å²) >= 11 is 0. The maximum Gasteiger partial charge on any atom is 0.226 e. The highest BCUT2D eigenvalue weighted by molar-refractivity contribution is 5.86. The van der Waals surface area contributed by atoms with Crippen LogP contribution in [0.3, 0.4) is 0 Å². The molecule has 20 heavy (non-hydrogen) atoms. The highest BCUT2D eigenvalue weighted by Crippen LogP contribution is 2.18. The first-order chi connectivity index (χ1) is 9.74. The van der Waals surface area contributed by atoms with Crippen LogP contribution in [-0.4, -0.2) is 26.2 Å². The van der Waals surface area contributed by atoms with E-state index in [1.165, 1.54) is 6.33 Å². The summed E-state index contributed by atoms with van der Waals surface area (Å²) in [5.41, 5.74) is 1.31. The van der Waals surface area contributed by atoms with Crippen LogP contribution in [0.25, 0.3) is 11.0 Å². The Balaban J connectivity index is 1.70. The number of amides is 1. The van der Waals surface area contributed by atoms with Crippen LogP contribution in [0.4, 0.5) is 0 Å². The molecular formula is C13H13N5O2. The van der Waals surface area contributed by atoms with Crippen LogP contribution >= 0.6 is 0 Å². The summed E-state index contributed by atoms with van der Waals surface area (Å²) < 4.78 is 5.17. The van der Waals surface area contributed by atoms with Crippen molar-refractivity contribution in [2.75, 3.05) is 0 Å². The van der Waals surface area contributed by atoms with Gasteiger partial charge in [0, 0.05) is 5.39 Å². The SMILES string of the molecule is CC(NC(=O)Cc1noc2ccccc12)c1ncn[nH]1. The van der Waals surface area contributed by atoms with Gasteiger partial charge >= 0.3 is 0 Å². The Labute approximate surface area is 114 Å². The third kappa shape index (κ3) is 2.37. The topological polar surface area (TPSA) is 96.7 Å². The largest absolute Gasteiger partial charge is 0.356 e. The third-order valence-corrected chi connectivity index (χ3v) is 3.00. The Bertz CT molecular complexity index is 719. The molecule has 0 saturated carbocycles. The molecule has 0 saturated heterocycles. The predicted octanol–water partition coefficient (Wildman–Crippen LogP) is 1.37. The standard InChI is InChI=1S/C13H13N5O2/c1-8(13-14-7-15-17-13)16-12(19)6-10-9-4-2-3-5-11(9)20-18-10/h2-5,7-8H,6H2,1H3,(H,16,19)(H,14,15,17). The van der Waals surface area contributed by atoms with E-state index in [1.807, 2.05) is 31.2 Å². The number of fused-ring (bicyclic) bond motifs is 1. The quantitative estimate of drug-likeness (QED) is 0.747. The molecule has 2 aromatic heterocycles. The van der Waals surface area contributed by atoms with E-state index < -0.39 is 0 Å². The number of carbonyl (C=O) groups is 1. The van der Waals surface area contributed by atoms with Crippen molar-refractivity contribution in [1.82, 2.24) is 25.7 Å². The van der Waals surface area contributed by atoms with Gasteiger partial charge in [0.05, 0.1) is 12.5 Å². The molecule has 1 unspecified atom stereocenters. The van der Waals surface area contributed by atoms with Gasteiger partial charge in [-0.15, -0.1) is 0 Å². The van der Waals surface area contributed by atoms with Crippen molar-refractivity contribution in [2.45, 2.75) is 19.4 Å². The van der Waals surface area contributed by atoms with Gasteiger partial charge in [-0.2, -0.15) is 5.10 Å². The van der Waals surface area contributed by atoms with Crippen molar-refractivity contribution in [2.24, 2.45) is 0 Å². The van der Waals surface area contributed by atoms with E-state index in [2.05, 4.69) is 25.7 Å². The number of aromatic amines is 1. The zero-order chi connectivity index (χ0) is 13.9. The Kier molecular flexibility index (Phi) is 3.16. The van der Waals surface area contributed by atoms with Gasteiger partial charge in [-0.05, 0) is 19.1 Å². The fourth-order valence-corrected chi connectivity index (χ4v) is 2.00. The van der Waals surface area contributed by atoms with E-state index in [0.717, 1.165) is 5.39 Å². The number of hydrogen-bond acceptors (Lipinski definition) is 5. The molecule has 0 aliphatic heterocycles. The number of carbonyl (C=O) groups excluding carboxylic acids is 1. The number of benzene rings is 1. The average Bonchev–Trinajstić information content (AvgIpc) is 3.09. The fraction of sp³-hybridized carbons (Fsp3) is 0.231. The molecule has 3 aromatic rings. The first-order valence-corrected chi connectivity index (χ1v) is 6.22. The summed E-state index contributed by atoms with van der Waals surface area (Å²) in [5, 5.41) is 14.1. The van der Waals surface area contributed by atoms with Gasteiger partial charge in [0.1, 0.15) is 17.8 Å². The van der Waals surface area contributed by atoms with Crippen LogP contribution in [0.15, 0.2) is 35.1 Å². The molecule has 102 valence electrons. The second kappa shape index (κ2) is 5.12. The first-order valence-electron chi connectivity index (χ1n) is 6.22. The molecule has 0 radical (unpaired) electrons. The van der Waals surface area contributed by atoms with Crippen LogP contribution in [0, 0.1) is 0 Å². The number of aromatic nitrogens is 4. The van der Waals surface area contributed by atoms with E-state index in [0.29, 0.717) is 17.1 Å². The lowest BCUT2D eigenvalue weighted by Crippen LogP contribution is -2.28. The van der Waals surface area contributed by atoms with Gasteiger partial charge in [0.2, 0.25) is 5.91 Å². The summed E-state index contributed by atoms with van der Waals surface area (Å²) in [6, 6.07) is 7.22. The number of hydrogen-bond donors (Lipinski definition) is 2. The lowest BCUT2D eigenvalue weighted by molar-refractivity contribution is -0.121. The molecule has 2 heterocycles. The molecule has 1 amide bonds. The predicted molar refractivity (Wildman–Crippen MR) is 70.7 cm³/mol. The minimum atomic E-state index is -0.233. The molecule has 0 aliphatic rings. The lowest BCUT2D eigenvalue weighted by Gasteiger charge is -2.09. The van der Waals surface area contributed by atoms with Crippen LogP contribution in [0.1, 0.15) is 24.5 Å². The van der Waals surface area contributed by atoms with Crippen molar-refractivity contribution in [3.8, 4) is 0 Å². The molecule has 7 heteroatoms. The smallest absolute Gasteiger partial charge is 0.226 e. The molecular weight excluding hydrogens is 258 g/mol. The monoisotopic (exact) mass is 271 g/mol. The zero-order valence-corrected chi connectivity index (χ0v) is 10.8. The minimum Gasteiger partial charge on any atom is -0.356 e. The third-order valence-electron chi connectivity index (χ3n) is 3.00. The zero-order valence-electron chi connectivity index (χ0n) is 10.8. The molecule has 1 aromatic carbocycles. The second-order valence-corrected chi connectivity index (χ2v) is 4.46. The van der Waals surface area contributed by atoms with Crippen LogP contribution in [0.5, 0.6) is 0 Å². The molecule has 0 fully saturated rings. The number of nitrogens with zero attached hydrogens (tertiary/aromatic N) is 3. The van der Waals surface area contributed by atoms with Gasteiger partial charge in [-0.3, -0.25) is 9.89 Å². The van der Waals surface area contributed by atoms with Crippen molar-refractivity contribution in [3.05, 3.63) is 42.1 Å². The van der Waals surface area contributed by atoms with E-state index in [9.17, 15) is 4.79 Å². The van der Waals surface area contributed by atoms with E-state index in [4.69, 9.17) is 4.52 Å². The van der Waals surface area contributed by atoms with Gasteiger partial charge in [-0.1, -0.05) is 17.3 Å². The van der Waals surface area contributed by atoms with Crippen molar-refractivity contribution in [3.63, 3.8) is 0 Å². The number of para-hydroxylation sites is 1. The van der Waals surface area contributed by atoms with E-state index in [-0.39, 0.29) is 18.4 Å². The molecule has 0 bridgehead atoms. The molecule has 2 N–H and O–H groups in total. The van der Waals surface area contributed by atoms with Crippen molar-refractivity contribution in [1.29, 1.82) is 0 Å². The molecule has 1 atom stereocenters. The Morgan fingerprint density at radius 3 is 3.10 bits per heavy atom. The number of nitrogens with one attached hydrogen (secondary N) is 2. The maximum atomic E-state index is 12.0. The fourth-order valence-electron chi connectivity index (χ4n) is 2.00. The van der Waals surface area contributed by atoms with Crippen LogP contribution in [-0.2, 0) is 11.2 Å². The number of H-pyrrole nitrogens is 1. The second-order valence-electron chi connectivity index (χ2n) is 4.46. The normalized spacial score (nSPS) is 12.4. The van der Waals surface area contributed by atoms with Crippen LogP contribution in [0.2, 0.25) is 0 Å². The lowest BCUT2D eigenvalue weighted by atomic mass is 10.1. The van der Waals surface area contributed by atoms with Gasteiger partial charge < -0.3 is 9.84 Å². The summed E-state index contributed by atoms with van der Waals surface area (Å²) in [4.78, 5) is 16.0. The number of rotatable bonds is 4. The molecule has 0 spiro atoms.